The summed E-state index contributed by atoms with van der Waals surface area (Å²) < 4.78 is 19.2. The number of amides is 1. The molecule has 2 aromatic heterocycles. The summed E-state index contributed by atoms with van der Waals surface area (Å²) in [6, 6.07) is 7.92. The molecule has 5 rings (SSSR count). The van der Waals surface area contributed by atoms with Crippen molar-refractivity contribution in [2.24, 2.45) is 5.41 Å². The van der Waals surface area contributed by atoms with E-state index < -0.39 is 0 Å². The average molecular weight is 454 g/mol. The number of hydrogen-bond donors (Lipinski definition) is 0. The number of anilines is 1. The Kier molecular flexibility index (Phi) is 5.95. The van der Waals surface area contributed by atoms with Crippen molar-refractivity contribution in [2.75, 3.05) is 50.8 Å². The summed E-state index contributed by atoms with van der Waals surface area (Å²) in [6.07, 6.45) is 4.63. The lowest BCUT2D eigenvalue weighted by atomic mass is 9.78. The second kappa shape index (κ2) is 8.89. The Labute approximate surface area is 194 Å². The zero-order valence-corrected chi connectivity index (χ0v) is 19.5. The van der Waals surface area contributed by atoms with Gasteiger partial charge in [-0.15, -0.1) is 0 Å². The van der Waals surface area contributed by atoms with E-state index in [2.05, 4.69) is 19.8 Å². The van der Waals surface area contributed by atoms with Crippen LogP contribution < -0.4 is 4.90 Å². The lowest BCUT2D eigenvalue weighted by Gasteiger charge is -2.48. The molecule has 176 valence electrons. The number of likely N-dealkylation sites (tertiary alicyclic amines) is 1. The topological polar surface area (TPSA) is 61.8 Å². The van der Waals surface area contributed by atoms with Gasteiger partial charge in [0.1, 0.15) is 11.6 Å². The number of piperazine rings is 1. The van der Waals surface area contributed by atoms with E-state index in [0.717, 1.165) is 68.5 Å². The first kappa shape index (κ1) is 22.1. The standard InChI is InChI=1S/C25H32FN5O2/c1-3-33-24(32)31-16-25(17-31)8-7-20(14-25)29-9-11-30(12-10-29)23-21(13-19(26)15-27-23)22-6-4-5-18(2)28-22/h4-6,13,15,20H,3,7-12,14,16-17H2,1-2H3/t20-/m1/s1. The van der Waals surface area contributed by atoms with Crippen molar-refractivity contribution in [3.8, 4) is 11.3 Å². The number of halogens is 1. The van der Waals surface area contributed by atoms with E-state index in [9.17, 15) is 9.18 Å². The third kappa shape index (κ3) is 4.40. The van der Waals surface area contributed by atoms with Gasteiger partial charge in [0.15, 0.2) is 0 Å². The van der Waals surface area contributed by atoms with Crippen molar-refractivity contribution >= 4 is 11.9 Å². The van der Waals surface area contributed by atoms with E-state index in [1.54, 1.807) is 6.07 Å². The normalized spacial score (nSPS) is 22.5. The van der Waals surface area contributed by atoms with Crippen LogP contribution in [0.1, 0.15) is 31.9 Å². The van der Waals surface area contributed by atoms with E-state index in [1.807, 2.05) is 36.9 Å². The molecule has 2 aliphatic heterocycles. The SMILES string of the molecule is CCOC(=O)N1CC2(CC[C@@H](N3CCN(c4ncc(F)cc4-c4cccc(C)n4)CC3)C2)C1. The highest BCUT2D eigenvalue weighted by atomic mass is 19.1. The molecule has 0 aromatic carbocycles. The van der Waals surface area contributed by atoms with Crippen molar-refractivity contribution in [2.45, 2.75) is 39.2 Å². The van der Waals surface area contributed by atoms with Gasteiger partial charge in [0.05, 0.1) is 18.5 Å². The molecule has 2 aromatic rings. The summed E-state index contributed by atoms with van der Waals surface area (Å²) in [5.74, 6) is 0.463. The molecular weight excluding hydrogens is 421 g/mol. The molecule has 1 saturated carbocycles. The molecule has 1 spiro atoms. The highest BCUT2D eigenvalue weighted by molar-refractivity contribution is 5.73. The first-order chi connectivity index (χ1) is 16.0. The van der Waals surface area contributed by atoms with Crippen LogP contribution in [-0.2, 0) is 4.74 Å². The molecule has 33 heavy (non-hydrogen) atoms. The summed E-state index contributed by atoms with van der Waals surface area (Å²) >= 11 is 0. The second-order valence-corrected chi connectivity index (χ2v) is 9.66. The van der Waals surface area contributed by atoms with Crippen LogP contribution in [0.25, 0.3) is 11.3 Å². The van der Waals surface area contributed by atoms with Crippen molar-refractivity contribution in [3.63, 3.8) is 0 Å². The first-order valence-corrected chi connectivity index (χ1v) is 12.0. The van der Waals surface area contributed by atoms with Gasteiger partial charge in [0.25, 0.3) is 0 Å². The Morgan fingerprint density at radius 3 is 2.76 bits per heavy atom. The van der Waals surface area contributed by atoms with E-state index >= 15 is 0 Å². The van der Waals surface area contributed by atoms with Gasteiger partial charge in [0, 0.05) is 62.0 Å². The molecule has 8 heteroatoms. The fraction of sp³-hybridized carbons (Fsp3) is 0.560. The number of aryl methyl sites for hydroxylation is 1. The van der Waals surface area contributed by atoms with Crippen LogP contribution in [0.2, 0.25) is 0 Å². The minimum Gasteiger partial charge on any atom is -0.450 e. The number of ether oxygens (including phenoxy) is 1. The number of pyridine rings is 2. The van der Waals surface area contributed by atoms with Crippen molar-refractivity contribution in [1.29, 1.82) is 0 Å². The quantitative estimate of drug-likeness (QED) is 0.703. The Morgan fingerprint density at radius 2 is 2.03 bits per heavy atom. The van der Waals surface area contributed by atoms with E-state index in [4.69, 9.17) is 4.74 Å². The van der Waals surface area contributed by atoms with Gasteiger partial charge < -0.3 is 14.5 Å². The molecule has 0 N–H and O–H groups in total. The fourth-order valence-electron chi connectivity index (χ4n) is 5.75. The lowest BCUT2D eigenvalue weighted by molar-refractivity contribution is -0.00294. The number of hydrogen-bond acceptors (Lipinski definition) is 6. The fourth-order valence-corrected chi connectivity index (χ4v) is 5.75. The average Bonchev–Trinajstić information content (AvgIpc) is 3.24. The summed E-state index contributed by atoms with van der Waals surface area (Å²) in [7, 11) is 0. The van der Waals surface area contributed by atoms with Gasteiger partial charge in [-0.1, -0.05) is 6.07 Å². The monoisotopic (exact) mass is 453 g/mol. The predicted molar refractivity (Wildman–Crippen MR) is 125 cm³/mol. The third-order valence-electron chi connectivity index (χ3n) is 7.38. The molecule has 1 atom stereocenters. The molecule has 3 fully saturated rings. The molecule has 3 aliphatic rings. The zero-order chi connectivity index (χ0) is 23.0. The van der Waals surface area contributed by atoms with E-state index in [0.29, 0.717) is 12.6 Å². The highest BCUT2D eigenvalue weighted by Crippen LogP contribution is 2.47. The Bertz CT molecular complexity index is 1020. The van der Waals surface area contributed by atoms with Gasteiger partial charge in [-0.25, -0.2) is 14.2 Å². The molecule has 0 bridgehead atoms. The zero-order valence-electron chi connectivity index (χ0n) is 19.5. The summed E-state index contributed by atoms with van der Waals surface area (Å²) in [4.78, 5) is 27.7. The summed E-state index contributed by atoms with van der Waals surface area (Å²) in [6.45, 7) is 9.51. The smallest absolute Gasteiger partial charge is 0.409 e. The van der Waals surface area contributed by atoms with Crippen LogP contribution in [0.15, 0.2) is 30.5 Å². The maximum absolute atomic E-state index is 14.0. The molecule has 1 amide bonds. The van der Waals surface area contributed by atoms with E-state index in [1.165, 1.54) is 19.0 Å². The van der Waals surface area contributed by atoms with Crippen LogP contribution in [0, 0.1) is 18.2 Å². The molecule has 4 heterocycles. The van der Waals surface area contributed by atoms with Gasteiger partial charge in [-0.3, -0.25) is 9.88 Å². The molecular formula is C25H32FN5O2. The maximum Gasteiger partial charge on any atom is 0.409 e. The molecule has 1 aliphatic carbocycles. The van der Waals surface area contributed by atoms with Gasteiger partial charge >= 0.3 is 6.09 Å². The number of nitrogens with zero attached hydrogens (tertiary/aromatic N) is 5. The highest BCUT2D eigenvalue weighted by Gasteiger charge is 2.51. The number of carbonyl (C=O) groups excluding carboxylic acids is 1. The largest absolute Gasteiger partial charge is 0.450 e. The van der Waals surface area contributed by atoms with Crippen LogP contribution in [0.4, 0.5) is 15.0 Å². The van der Waals surface area contributed by atoms with Crippen molar-refractivity contribution in [3.05, 3.63) is 42.0 Å². The lowest BCUT2D eigenvalue weighted by Crippen LogP contribution is -2.58. The third-order valence-corrected chi connectivity index (χ3v) is 7.38. The van der Waals surface area contributed by atoms with Gasteiger partial charge in [-0.05, 0) is 51.3 Å². The minimum atomic E-state index is -0.343. The van der Waals surface area contributed by atoms with Crippen LogP contribution >= 0.6 is 0 Å². The summed E-state index contributed by atoms with van der Waals surface area (Å²) in [5.41, 5.74) is 2.69. The molecule has 0 radical (unpaired) electrons. The Hall–Kier alpha value is -2.74. The van der Waals surface area contributed by atoms with Crippen LogP contribution in [-0.4, -0.2) is 77.8 Å². The minimum absolute atomic E-state index is 0.175. The second-order valence-electron chi connectivity index (χ2n) is 9.66. The first-order valence-electron chi connectivity index (χ1n) is 12.0. The van der Waals surface area contributed by atoms with E-state index in [-0.39, 0.29) is 17.3 Å². The van der Waals surface area contributed by atoms with Crippen LogP contribution in [0.3, 0.4) is 0 Å². The number of carbonyl (C=O) groups is 1. The van der Waals surface area contributed by atoms with Gasteiger partial charge in [0.2, 0.25) is 0 Å². The molecule has 2 saturated heterocycles. The predicted octanol–water partition coefficient (Wildman–Crippen LogP) is 3.72. The number of rotatable bonds is 4. The molecule has 0 unspecified atom stereocenters. The van der Waals surface area contributed by atoms with Crippen molar-refractivity contribution < 1.29 is 13.9 Å². The van der Waals surface area contributed by atoms with Crippen molar-refractivity contribution in [1.82, 2.24) is 19.8 Å². The molecule has 7 nitrogen and oxygen atoms in total. The van der Waals surface area contributed by atoms with Crippen LogP contribution in [0.5, 0.6) is 0 Å². The number of aromatic nitrogens is 2. The Balaban J connectivity index is 1.21. The summed E-state index contributed by atoms with van der Waals surface area (Å²) in [5, 5.41) is 0. The van der Waals surface area contributed by atoms with Gasteiger partial charge in [-0.2, -0.15) is 0 Å². The maximum atomic E-state index is 14.0. The Morgan fingerprint density at radius 1 is 1.24 bits per heavy atom.